The highest BCUT2D eigenvalue weighted by molar-refractivity contribution is 5.78. The lowest BCUT2D eigenvalue weighted by Gasteiger charge is -2.15. The van der Waals surface area contributed by atoms with Crippen molar-refractivity contribution in [2.45, 2.75) is 32.6 Å². The maximum absolute atomic E-state index is 11.6. The van der Waals surface area contributed by atoms with E-state index in [9.17, 15) is 4.79 Å². The van der Waals surface area contributed by atoms with Crippen LogP contribution in [0.2, 0.25) is 0 Å². The zero-order valence-electron chi connectivity index (χ0n) is 8.75. The van der Waals surface area contributed by atoms with Crippen LogP contribution in [-0.4, -0.2) is 24.2 Å². The SMILES string of the molecule is CC(C(=O)NCC1(CO)CC1)C1CC1. The fourth-order valence-corrected chi connectivity index (χ4v) is 1.81. The zero-order valence-corrected chi connectivity index (χ0v) is 8.75. The minimum atomic E-state index is 0.0406. The number of hydrogen-bond acceptors (Lipinski definition) is 2. The van der Waals surface area contributed by atoms with Crippen molar-refractivity contribution in [1.29, 1.82) is 0 Å². The van der Waals surface area contributed by atoms with Crippen LogP contribution in [0.1, 0.15) is 32.6 Å². The van der Waals surface area contributed by atoms with E-state index in [-0.39, 0.29) is 23.8 Å². The van der Waals surface area contributed by atoms with Gasteiger partial charge in [-0.2, -0.15) is 0 Å². The molecule has 0 aromatic rings. The van der Waals surface area contributed by atoms with Crippen molar-refractivity contribution in [1.82, 2.24) is 5.32 Å². The Morgan fingerprint density at radius 2 is 2.21 bits per heavy atom. The molecule has 2 saturated carbocycles. The molecule has 0 bridgehead atoms. The Morgan fingerprint density at radius 1 is 1.57 bits per heavy atom. The van der Waals surface area contributed by atoms with Crippen LogP contribution < -0.4 is 5.32 Å². The lowest BCUT2D eigenvalue weighted by Crippen LogP contribution is -2.35. The first kappa shape index (κ1) is 9.97. The van der Waals surface area contributed by atoms with Crippen molar-refractivity contribution < 1.29 is 9.90 Å². The Bertz CT molecular complexity index is 231. The summed E-state index contributed by atoms with van der Waals surface area (Å²) in [5.74, 6) is 0.969. The number of nitrogens with one attached hydrogen (secondary N) is 1. The summed E-state index contributed by atoms with van der Waals surface area (Å²) in [4.78, 5) is 11.6. The summed E-state index contributed by atoms with van der Waals surface area (Å²) >= 11 is 0. The first-order chi connectivity index (χ1) is 6.67. The molecule has 2 aliphatic carbocycles. The van der Waals surface area contributed by atoms with Crippen LogP contribution in [0.15, 0.2) is 0 Å². The summed E-state index contributed by atoms with van der Waals surface area (Å²) < 4.78 is 0. The van der Waals surface area contributed by atoms with Gasteiger partial charge < -0.3 is 10.4 Å². The number of aliphatic hydroxyl groups excluding tert-OH is 1. The van der Waals surface area contributed by atoms with Gasteiger partial charge in [-0.3, -0.25) is 4.79 Å². The largest absolute Gasteiger partial charge is 0.396 e. The van der Waals surface area contributed by atoms with Gasteiger partial charge in [0.05, 0.1) is 6.61 Å². The average Bonchev–Trinajstić information content (AvgIpc) is 3.04. The van der Waals surface area contributed by atoms with Gasteiger partial charge in [0.1, 0.15) is 0 Å². The molecule has 80 valence electrons. The number of amides is 1. The van der Waals surface area contributed by atoms with Crippen LogP contribution >= 0.6 is 0 Å². The zero-order chi connectivity index (χ0) is 10.2. The molecule has 3 heteroatoms. The fraction of sp³-hybridized carbons (Fsp3) is 0.909. The van der Waals surface area contributed by atoms with E-state index in [2.05, 4.69) is 5.32 Å². The van der Waals surface area contributed by atoms with Crippen LogP contribution in [0.4, 0.5) is 0 Å². The normalized spacial score (nSPS) is 25.6. The van der Waals surface area contributed by atoms with Crippen LogP contribution in [0, 0.1) is 17.3 Å². The molecule has 0 aromatic heterocycles. The van der Waals surface area contributed by atoms with Crippen molar-refractivity contribution in [2.24, 2.45) is 17.3 Å². The Labute approximate surface area is 84.9 Å². The summed E-state index contributed by atoms with van der Waals surface area (Å²) in [7, 11) is 0. The van der Waals surface area contributed by atoms with Crippen LogP contribution in [0.25, 0.3) is 0 Å². The van der Waals surface area contributed by atoms with Crippen molar-refractivity contribution in [2.75, 3.05) is 13.2 Å². The topological polar surface area (TPSA) is 49.3 Å². The molecule has 0 aromatic carbocycles. The van der Waals surface area contributed by atoms with Gasteiger partial charge in [0, 0.05) is 17.9 Å². The second-order valence-corrected chi connectivity index (χ2v) is 5.00. The van der Waals surface area contributed by atoms with E-state index in [4.69, 9.17) is 5.11 Å². The van der Waals surface area contributed by atoms with E-state index in [1.807, 2.05) is 6.92 Å². The molecule has 14 heavy (non-hydrogen) atoms. The van der Waals surface area contributed by atoms with Crippen LogP contribution in [0.5, 0.6) is 0 Å². The highest BCUT2D eigenvalue weighted by atomic mass is 16.3. The fourth-order valence-electron chi connectivity index (χ4n) is 1.81. The van der Waals surface area contributed by atoms with Gasteiger partial charge >= 0.3 is 0 Å². The number of carbonyl (C=O) groups is 1. The molecule has 2 N–H and O–H groups in total. The van der Waals surface area contributed by atoms with Crippen LogP contribution in [-0.2, 0) is 4.79 Å². The maximum atomic E-state index is 11.6. The Morgan fingerprint density at radius 3 is 2.64 bits per heavy atom. The third kappa shape index (κ3) is 2.08. The number of aliphatic hydroxyl groups is 1. The minimum Gasteiger partial charge on any atom is -0.396 e. The second-order valence-electron chi connectivity index (χ2n) is 5.00. The summed E-state index contributed by atoms with van der Waals surface area (Å²) in [5, 5.41) is 12.0. The van der Waals surface area contributed by atoms with E-state index in [0.29, 0.717) is 12.5 Å². The number of hydrogen-bond donors (Lipinski definition) is 2. The molecule has 0 spiro atoms. The van der Waals surface area contributed by atoms with Gasteiger partial charge in [-0.05, 0) is 31.6 Å². The molecular formula is C11H19NO2. The van der Waals surface area contributed by atoms with E-state index >= 15 is 0 Å². The van der Waals surface area contributed by atoms with E-state index < -0.39 is 0 Å². The molecule has 3 nitrogen and oxygen atoms in total. The van der Waals surface area contributed by atoms with Crippen LogP contribution in [0.3, 0.4) is 0 Å². The first-order valence-electron chi connectivity index (χ1n) is 5.55. The average molecular weight is 197 g/mol. The van der Waals surface area contributed by atoms with Gasteiger partial charge in [-0.15, -0.1) is 0 Å². The van der Waals surface area contributed by atoms with Crippen molar-refractivity contribution in [3.63, 3.8) is 0 Å². The summed E-state index contributed by atoms with van der Waals surface area (Å²) in [6.07, 6.45) is 4.53. The maximum Gasteiger partial charge on any atom is 0.223 e. The van der Waals surface area contributed by atoms with Gasteiger partial charge in [0.25, 0.3) is 0 Å². The van der Waals surface area contributed by atoms with Gasteiger partial charge in [-0.1, -0.05) is 6.92 Å². The highest BCUT2D eigenvalue weighted by Gasteiger charge is 2.42. The number of carbonyl (C=O) groups excluding carboxylic acids is 1. The summed E-state index contributed by atoms with van der Waals surface area (Å²) in [6.45, 7) is 2.88. The molecule has 2 rings (SSSR count). The molecule has 1 unspecified atom stereocenters. The second kappa shape index (κ2) is 3.54. The van der Waals surface area contributed by atoms with Gasteiger partial charge in [0.2, 0.25) is 5.91 Å². The monoisotopic (exact) mass is 197 g/mol. The Balaban J connectivity index is 1.71. The smallest absolute Gasteiger partial charge is 0.223 e. The molecule has 2 aliphatic rings. The molecular weight excluding hydrogens is 178 g/mol. The third-order valence-electron chi connectivity index (χ3n) is 3.67. The van der Waals surface area contributed by atoms with E-state index in [1.54, 1.807) is 0 Å². The first-order valence-corrected chi connectivity index (χ1v) is 5.55. The number of rotatable bonds is 5. The molecule has 1 atom stereocenters. The molecule has 0 heterocycles. The molecule has 2 fully saturated rings. The molecule has 0 radical (unpaired) electrons. The highest BCUT2D eigenvalue weighted by Crippen LogP contribution is 2.44. The van der Waals surface area contributed by atoms with Crippen molar-refractivity contribution >= 4 is 5.91 Å². The van der Waals surface area contributed by atoms with Gasteiger partial charge in [0.15, 0.2) is 0 Å². The summed E-state index contributed by atoms with van der Waals surface area (Å²) in [6, 6.07) is 0. The lowest BCUT2D eigenvalue weighted by molar-refractivity contribution is -0.125. The van der Waals surface area contributed by atoms with E-state index in [0.717, 1.165) is 12.8 Å². The minimum absolute atomic E-state index is 0.0406. The molecule has 1 amide bonds. The van der Waals surface area contributed by atoms with Gasteiger partial charge in [-0.25, -0.2) is 0 Å². The Kier molecular flexibility index (Phi) is 2.52. The predicted molar refractivity (Wildman–Crippen MR) is 53.7 cm³/mol. The van der Waals surface area contributed by atoms with Crippen molar-refractivity contribution in [3.8, 4) is 0 Å². The quantitative estimate of drug-likeness (QED) is 0.688. The Hall–Kier alpha value is -0.570. The van der Waals surface area contributed by atoms with Crippen molar-refractivity contribution in [3.05, 3.63) is 0 Å². The molecule has 0 aliphatic heterocycles. The lowest BCUT2D eigenvalue weighted by atomic mass is 10.0. The summed E-state index contributed by atoms with van der Waals surface area (Å²) in [5.41, 5.74) is 0.0406. The standard InChI is InChI=1S/C11H19NO2/c1-8(9-2-3-9)10(14)12-6-11(7-13)4-5-11/h8-9,13H,2-7H2,1H3,(H,12,14). The van der Waals surface area contributed by atoms with E-state index in [1.165, 1.54) is 12.8 Å². The predicted octanol–water partition coefficient (Wildman–Crippen LogP) is 0.921. The third-order valence-corrected chi connectivity index (χ3v) is 3.67. The molecule has 0 saturated heterocycles.